The van der Waals surface area contributed by atoms with E-state index < -0.39 is 29.7 Å². The van der Waals surface area contributed by atoms with Gasteiger partial charge in [0.15, 0.2) is 5.82 Å². The molecular weight excluding hydrogens is 600 g/mol. The third kappa shape index (κ3) is 7.83. The molecule has 0 radical (unpaired) electrons. The Kier molecular flexibility index (Phi) is 11.4. The lowest BCUT2D eigenvalue weighted by atomic mass is 9.92. The minimum absolute atomic E-state index is 0.0165. The van der Waals surface area contributed by atoms with E-state index in [1.165, 1.54) is 17.0 Å². The highest BCUT2D eigenvalue weighted by atomic mass is 35.5. The number of aliphatic hydroxyl groups is 1. The molecule has 2 aromatic carbocycles. The Labute approximate surface area is 259 Å². The van der Waals surface area contributed by atoms with E-state index in [-0.39, 0.29) is 79.0 Å². The summed E-state index contributed by atoms with van der Waals surface area (Å²) in [6, 6.07) is 7.71. The van der Waals surface area contributed by atoms with Crippen LogP contribution >= 0.6 is 23.2 Å². The summed E-state index contributed by atoms with van der Waals surface area (Å²) >= 11 is 11.7. The molecule has 0 aliphatic carbocycles. The number of benzene rings is 2. The first-order chi connectivity index (χ1) is 20.6. The van der Waals surface area contributed by atoms with Crippen LogP contribution in [0.5, 0.6) is 0 Å². The molecule has 2 aliphatic heterocycles. The molecule has 1 saturated heterocycles. The quantitative estimate of drug-likeness (QED) is 0.295. The van der Waals surface area contributed by atoms with E-state index in [0.29, 0.717) is 6.54 Å². The van der Waals surface area contributed by atoms with Crippen LogP contribution in [0.3, 0.4) is 0 Å². The summed E-state index contributed by atoms with van der Waals surface area (Å²) in [7, 11) is 0. The van der Waals surface area contributed by atoms with Gasteiger partial charge in [0, 0.05) is 32.4 Å². The molecule has 0 aromatic heterocycles. The first-order valence-corrected chi connectivity index (χ1v) is 15.1. The van der Waals surface area contributed by atoms with Crippen LogP contribution in [0, 0.1) is 5.82 Å². The maximum absolute atomic E-state index is 14.6. The molecule has 43 heavy (non-hydrogen) atoms. The molecule has 5 N–H and O–H groups in total. The zero-order chi connectivity index (χ0) is 31.1. The lowest BCUT2D eigenvalue weighted by Crippen LogP contribution is -2.56. The van der Waals surface area contributed by atoms with Crippen LogP contribution in [0.4, 0.5) is 10.1 Å². The number of carbonyl (C=O) groups excluding carboxylic acids is 4. The molecule has 1 fully saturated rings. The van der Waals surface area contributed by atoms with E-state index >= 15 is 0 Å². The fourth-order valence-electron chi connectivity index (χ4n) is 5.58. The molecule has 4 rings (SSSR count). The third-order valence-electron chi connectivity index (χ3n) is 7.96. The predicted octanol–water partition coefficient (Wildman–Crippen LogP) is 3.01. The zero-order valence-corrected chi connectivity index (χ0v) is 25.2. The van der Waals surface area contributed by atoms with Crippen LogP contribution in [-0.2, 0) is 32.1 Å². The monoisotopic (exact) mass is 635 g/mol. The smallest absolute Gasteiger partial charge is 0.247 e. The van der Waals surface area contributed by atoms with Crippen molar-refractivity contribution in [3.63, 3.8) is 0 Å². The minimum atomic E-state index is -1.13. The van der Waals surface area contributed by atoms with Crippen LogP contribution < -0.4 is 16.4 Å². The van der Waals surface area contributed by atoms with Gasteiger partial charge in [0.2, 0.25) is 23.6 Å². The highest BCUT2D eigenvalue weighted by Crippen LogP contribution is 2.30. The molecule has 0 bridgehead atoms. The van der Waals surface area contributed by atoms with Crippen molar-refractivity contribution in [2.75, 3.05) is 25.0 Å². The Morgan fingerprint density at radius 1 is 1.02 bits per heavy atom. The SMILES string of the molecule is NCC[C@H](NC(=O)[C@@H]1Cc2ccccc2CN1C(=O)CCC(=O)N1CCCC[C@H]1CO)C(=O)Nc1ccc(Cl)c(Cl)c1F. The number of nitrogens with two attached hydrogens (primary N) is 1. The van der Waals surface area contributed by atoms with Gasteiger partial charge in [0.05, 0.1) is 28.4 Å². The number of hydrogen-bond acceptors (Lipinski definition) is 6. The summed E-state index contributed by atoms with van der Waals surface area (Å²) in [6.45, 7) is 0.621. The normalized spacial score (nSPS) is 18.9. The van der Waals surface area contributed by atoms with E-state index in [0.717, 1.165) is 30.4 Å². The van der Waals surface area contributed by atoms with Gasteiger partial charge in [-0.25, -0.2) is 4.39 Å². The molecule has 2 aliphatic rings. The minimum Gasteiger partial charge on any atom is -0.394 e. The molecule has 0 spiro atoms. The summed E-state index contributed by atoms with van der Waals surface area (Å²) in [5.74, 6) is -2.78. The standard InChI is InChI=1S/C30H36Cl2FN5O5/c31-21-8-9-22(28(33)27(21)32)35-29(42)23(12-13-34)36-30(43)24-15-18-5-1-2-6-19(18)16-38(24)26(41)11-10-25(40)37-14-4-3-7-20(37)17-39/h1-2,5-6,8-9,20,23-24,39H,3-4,7,10-17,34H2,(H,35,42)(H,36,43)/t20-,23-,24-/m0/s1. The summed E-state index contributed by atoms with van der Waals surface area (Å²) in [6.07, 6.45) is 2.60. The molecule has 3 atom stereocenters. The summed E-state index contributed by atoms with van der Waals surface area (Å²) in [5, 5.41) is 14.4. The predicted molar refractivity (Wildman–Crippen MR) is 161 cm³/mol. The number of halogens is 3. The number of aliphatic hydroxyl groups excluding tert-OH is 1. The van der Waals surface area contributed by atoms with Gasteiger partial charge in [0.25, 0.3) is 0 Å². The van der Waals surface area contributed by atoms with Gasteiger partial charge >= 0.3 is 0 Å². The van der Waals surface area contributed by atoms with Crippen LogP contribution in [0.1, 0.15) is 49.7 Å². The van der Waals surface area contributed by atoms with Crippen molar-refractivity contribution < 1.29 is 28.7 Å². The van der Waals surface area contributed by atoms with E-state index in [1.54, 1.807) is 4.90 Å². The number of fused-ring (bicyclic) bond motifs is 1. The van der Waals surface area contributed by atoms with Crippen molar-refractivity contribution in [3.05, 3.63) is 63.4 Å². The number of piperidine rings is 1. The first-order valence-electron chi connectivity index (χ1n) is 14.4. The number of nitrogens with zero attached hydrogens (tertiary/aromatic N) is 2. The molecule has 4 amide bonds. The topological polar surface area (TPSA) is 145 Å². The zero-order valence-electron chi connectivity index (χ0n) is 23.7. The molecule has 232 valence electrons. The lowest BCUT2D eigenvalue weighted by Gasteiger charge is -2.37. The number of likely N-dealkylation sites (tertiary alicyclic amines) is 1. The van der Waals surface area contributed by atoms with Gasteiger partial charge in [-0.2, -0.15) is 0 Å². The molecule has 2 aromatic rings. The Morgan fingerprint density at radius 2 is 1.72 bits per heavy atom. The molecular formula is C30H36Cl2FN5O5. The molecule has 0 saturated carbocycles. The number of rotatable bonds is 10. The van der Waals surface area contributed by atoms with Crippen molar-refractivity contribution in [2.24, 2.45) is 5.73 Å². The molecule has 2 heterocycles. The Balaban J connectivity index is 1.48. The highest BCUT2D eigenvalue weighted by Gasteiger charge is 2.37. The number of hydrogen-bond donors (Lipinski definition) is 4. The average Bonchev–Trinajstić information content (AvgIpc) is 3.02. The van der Waals surface area contributed by atoms with Crippen molar-refractivity contribution >= 4 is 52.5 Å². The van der Waals surface area contributed by atoms with Gasteiger partial charge < -0.3 is 31.3 Å². The first kappa shape index (κ1) is 32.7. The van der Waals surface area contributed by atoms with Crippen LogP contribution in [0.2, 0.25) is 10.0 Å². The van der Waals surface area contributed by atoms with E-state index in [4.69, 9.17) is 28.9 Å². The van der Waals surface area contributed by atoms with Crippen LogP contribution in [-0.4, -0.2) is 76.4 Å². The maximum Gasteiger partial charge on any atom is 0.247 e. The Bertz CT molecular complexity index is 1360. The van der Waals surface area contributed by atoms with E-state index in [1.807, 2.05) is 24.3 Å². The second-order valence-corrected chi connectivity index (χ2v) is 11.6. The number of carbonyl (C=O) groups is 4. The fraction of sp³-hybridized carbons (Fsp3) is 0.467. The van der Waals surface area contributed by atoms with Crippen LogP contribution in [0.25, 0.3) is 0 Å². The van der Waals surface area contributed by atoms with Gasteiger partial charge in [-0.05, 0) is 55.5 Å². The van der Waals surface area contributed by atoms with Gasteiger partial charge in [0.1, 0.15) is 12.1 Å². The summed E-state index contributed by atoms with van der Waals surface area (Å²) in [5.41, 5.74) is 7.28. The summed E-state index contributed by atoms with van der Waals surface area (Å²) < 4.78 is 14.6. The van der Waals surface area contributed by atoms with Crippen LogP contribution in [0.15, 0.2) is 36.4 Å². The molecule has 13 heteroatoms. The second kappa shape index (κ2) is 15.0. The molecule has 0 unspecified atom stereocenters. The largest absolute Gasteiger partial charge is 0.394 e. The van der Waals surface area contributed by atoms with Gasteiger partial charge in [-0.3, -0.25) is 19.2 Å². The van der Waals surface area contributed by atoms with Gasteiger partial charge in [-0.15, -0.1) is 0 Å². The lowest BCUT2D eigenvalue weighted by molar-refractivity contribution is -0.145. The Hall–Kier alpha value is -3.25. The van der Waals surface area contributed by atoms with Crippen molar-refractivity contribution in [3.8, 4) is 0 Å². The van der Waals surface area contributed by atoms with E-state index in [9.17, 15) is 28.7 Å². The van der Waals surface area contributed by atoms with Crippen molar-refractivity contribution in [1.29, 1.82) is 0 Å². The fourth-order valence-corrected chi connectivity index (χ4v) is 5.90. The number of anilines is 1. The highest BCUT2D eigenvalue weighted by molar-refractivity contribution is 6.42. The van der Waals surface area contributed by atoms with E-state index in [2.05, 4.69) is 10.6 Å². The summed E-state index contributed by atoms with van der Waals surface area (Å²) in [4.78, 5) is 56.3. The number of amides is 4. The average molecular weight is 637 g/mol. The maximum atomic E-state index is 14.6. The number of nitrogens with one attached hydrogen (secondary N) is 2. The van der Waals surface area contributed by atoms with Crippen molar-refractivity contribution in [1.82, 2.24) is 15.1 Å². The van der Waals surface area contributed by atoms with Crippen molar-refractivity contribution in [2.45, 2.75) is 69.6 Å². The second-order valence-electron chi connectivity index (χ2n) is 10.8. The molecule has 10 nitrogen and oxygen atoms in total. The third-order valence-corrected chi connectivity index (χ3v) is 8.75. The van der Waals surface area contributed by atoms with Gasteiger partial charge in [-0.1, -0.05) is 47.5 Å². The Morgan fingerprint density at radius 3 is 2.42 bits per heavy atom.